The second-order valence-corrected chi connectivity index (χ2v) is 5.89. The van der Waals surface area contributed by atoms with E-state index < -0.39 is 0 Å². The van der Waals surface area contributed by atoms with E-state index in [4.69, 9.17) is 0 Å². The van der Waals surface area contributed by atoms with Crippen LogP contribution in [0.3, 0.4) is 0 Å². The number of thiophene rings is 1. The van der Waals surface area contributed by atoms with Gasteiger partial charge in [0, 0.05) is 29.4 Å². The van der Waals surface area contributed by atoms with Crippen LogP contribution in [0.1, 0.15) is 43.3 Å². The van der Waals surface area contributed by atoms with Gasteiger partial charge in [-0.1, -0.05) is 19.9 Å². The predicted octanol–water partition coefficient (Wildman–Crippen LogP) is 4.19. The van der Waals surface area contributed by atoms with Gasteiger partial charge in [0.25, 0.3) is 0 Å². The maximum atomic E-state index is 4.07. The van der Waals surface area contributed by atoms with Crippen LogP contribution in [0.15, 0.2) is 42.0 Å². The Hall–Kier alpha value is -1.19. The highest BCUT2D eigenvalue weighted by molar-refractivity contribution is 7.10. The largest absolute Gasteiger partial charge is 0.302 e. The van der Waals surface area contributed by atoms with Gasteiger partial charge in [0.15, 0.2) is 0 Å². The normalized spacial score (nSPS) is 14.7. The van der Waals surface area contributed by atoms with Crippen molar-refractivity contribution < 1.29 is 0 Å². The van der Waals surface area contributed by atoms with Crippen molar-refractivity contribution in [3.05, 3.63) is 52.5 Å². The van der Waals surface area contributed by atoms with Crippen LogP contribution in [0.25, 0.3) is 0 Å². The Morgan fingerprint density at radius 3 is 2.39 bits per heavy atom. The molecule has 3 heteroatoms. The lowest BCUT2D eigenvalue weighted by Gasteiger charge is -2.26. The number of nitrogens with zero attached hydrogens (tertiary/aromatic N) is 1. The molecule has 2 atom stereocenters. The summed E-state index contributed by atoms with van der Waals surface area (Å²) in [5.74, 6) is 0.577. The molecule has 0 saturated carbocycles. The maximum Gasteiger partial charge on any atom is 0.0442 e. The van der Waals surface area contributed by atoms with Crippen molar-refractivity contribution >= 4 is 11.3 Å². The predicted molar refractivity (Wildman–Crippen MR) is 77.7 cm³/mol. The third-order valence-electron chi connectivity index (χ3n) is 3.15. The highest BCUT2D eigenvalue weighted by atomic mass is 32.1. The summed E-state index contributed by atoms with van der Waals surface area (Å²) in [6.07, 6.45) is 3.70. The molecule has 2 rings (SSSR count). The van der Waals surface area contributed by atoms with Gasteiger partial charge in [0.1, 0.15) is 0 Å². The Morgan fingerprint density at radius 1 is 1.11 bits per heavy atom. The van der Waals surface area contributed by atoms with E-state index in [1.165, 1.54) is 10.4 Å². The minimum Gasteiger partial charge on any atom is -0.302 e. The third-order valence-corrected chi connectivity index (χ3v) is 4.11. The van der Waals surface area contributed by atoms with E-state index in [1.54, 1.807) is 0 Å². The molecule has 2 nitrogen and oxygen atoms in total. The minimum absolute atomic E-state index is 0.336. The van der Waals surface area contributed by atoms with E-state index in [1.807, 2.05) is 23.7 Å². The standard InChI is InChI=1S/C15H20N2S/c1-11(2)15(14-5-4-10-18-14)17-12(3)13-6-8-16-9-7-13/h4-12,15,17H,1-3H3/t12-,15?/m0/s1. The Balaban J connectivity index is 2.11. The van der Waals surface area contributed by atoms with Crippen LogP contribution >= 0.6 is 11.3 Å². The quantitative estimate of drug-likeness (QED) is 0.872. The van der Waals surface area contributed by atoms with Crippen LogP contribution in [0.4, 0.5) is 0 Å². The third kappa shape index (κ3) is 3.18. The Labute approximate surface area is 113 Å². The fourth-order valence-corrected chi connectivity index (χ4v) is 3.05. The zero-order valence-electron chi connectivity index (χ0n) is 11.1. The van der Waals surface area contributed by atoms with Crippen molar-refractivity contribution in [3.63, 3.8) is 0 Å². The van der Waals surface area contributed by atoms with E-state index >= 15 is 0 Å². The second kappa shape index (κ2) is 6.12. The van der Waals surface area contributed by atoms with Crippen molar-refractivity contribution in [3.8, 4) is 0 Å². The summed E-state index contributed by atoms with van der Waals surface area (Å²) in [6.45, 7) is 6.73. The molecule has 1 N–H and O–H groups in total. The SMILES string of the molecule is CC(C)C(N[C@@H](C)c1ccncc1)c1cccs1. The fourth-order valence-electron chi connectivity index (χ4n) is 2.09. The molecule has 0 aliphatic heterocycles. The van der Waals surface area contributed by atoms with Gasteiger partial charge in [-0.3, -0.25) is 4.98 Å². The highest BCUT2D eigenvalue weighted by Crippen LogP contribution is 2.28. The number of rotatable bonds is 5. The number of pyridine rings is 1. The second-order valence-electron chi connectivity index (χ2n) is 4.91. The molecule has 1 unspecified atom stereocenters. The monoisotopic (exact) mass is 260 g/mol. The molecule has 0 amide bonds. The molecule has 0 radical (unpaired) electrons. The molecule has 0 bridgehead atoms. The van der Waals surface area contributed by atoms with Crippen molar-refractivity contribution in [1.82, 2.24) is 10.3 Å². The summed E-state index contributed by atoms with van der Waals surface area (Å²) >= 11 is 1.82. The molecule has 2 aromatic heterocycles. The first-order valence-corrected chi connectivity index (χ1v) is 7.26. The summed E-state index contributed by atoms with van der Waals surface area (Å²) < 4.78 is 0. The van der Waals surface area contributed by atoms with E-state index in [0.29, 0.717) is 18.0 Å². The van der Waals surface area contributed by atoms with Gasteiger partial charge in [-0.05, 0) is 42.0 Å². The maximum absolute atomic E-state index is 4.07. The van der Waals surface area contributed by atoms with Gasteiger partial charge in [-0.15, -0.1) is 11.3 Å². The van der Waals surface area contributed by atoms with E-state index in [2.05, 4.69) is 60.7 Å². The smallest absolute Gasteiger partial charge is 0.0442 e. The Bertz CT molecular complexity index is 451. The van der Waals surface area contributed by atoms with Crippen LogP contribution in [0.2, 0.25) is 0 Å². The molecule has 2 aromatic rings. The molecule has 96 valence electrons. The van der Waals surface area contributed by atoms with Gasteiger partial charge < -0.3 is 5.32 Å². The highest BCUT2D eigenvalue weighted by Gasteiger charge is 2.19. The Morgan fingerprint density at radius 2 is 1.83 bits per heavy atom. The van der Waals surface area contributed by atoms with Crippen LogP contribution in [0.5, 0.6) is 0 Å². The first kappa shape index (κ1) is 13.2. The fraction of sp³-hybridized carbons (Fsp3) is 0.400. The topological polar surface area (TPSA) is 24.9 Å². The molecular weight excluding hydrogens is 240 g/mol. The number of hydrogen-bond acceptors (Lipinski definition) is 3. The van der Waals surface area contributed by atoms with E-state index in [-0.39, 0.29) is 0 Å². The van der Waals surface area contributed by atoms with Gasteiger partial charge in [-0.2, -0.15) is 0 Å². The van der Waals surface area contributed by atoms with Crippen molar-refractivity contribution in [2.24, 2.45) is 5.92 Å². The average molecular weight is 260 g/mol. The zero-order valence-corrected chi connectivity index (χ0v) is 11.9. The molecule has 0 aliphatic rings. The van der Waals surface area contributed by atoms with Gasteiger partial charge in [0.2, 0.25) is 0 Å². The molecule has 0 aromatic carbocycles. The molecule has 0 spiro atoms. The average Bonchev–Trinajstić information content (AvgIpc) is 2.90. The molecule has 0 aliphatic carbocycles. The molecular formula is C15H20N2S. The summed E-state index contributed by atoms with van der Waals surface area (Å²) in [7, 11) is 0. The molecule has 2 heterocycles. The summed E-state index contributed by atoms with van der Waals surface area (Å²) in [6, 6.07) is 9.22. The van der Waals surface area contributed by atoms with E-state index in [0.717, 1.165) is 0 Å². The summed E-state index contributed by atoms with van der Waals surface area (Å²) in [5.41, 5.74) is 1.28. The zero-order chi connectivity index (χ0) is 13.0. The van der Waals surface area contributed by atoms with Gasteiger partial charge in [0.05, 0.1) is 0 Å². The van der Waals surface area contributed by atoms with Gasteiger partial charge in [-0.25, -0.2) is 0 Å². The van der Waals surface area contributed by atoms with E-state index in [9.17, 15) is 0 Å². The lowest BCUT2D eigenvalue weighted by molar-refractivity contribution is 0.379. The summed E-state index contributed by atoms with van der Waals surface area (Å²) in [5, 5.41) is 5.86. The molecule has 18 heavy (non-hydrogen) atoms. The Kier molecular flexibility index (Phi) is 4.50. The number of aromatic nitrogens is 1. The van der Waals surface area contributed by atoms with Crippen LogP contribution in [-0.4, -0.2) is 4.98 Å². The summed E-state index contributed by atoms with van der Waals surface area (Å²) in [4.78, 5) is 5.47. The first-order chi connectivity index (χ1) is 8.68. The van der Waals surface area contributed by atoms with Crippen LogP contribution in [-0.2, 0) is 0 Å². The van der Waals surface area contributed by atoms with Crippen LogP contribution < -0.4 is 5.32 Å². The molecule has 0 saturated heterocycles. The van der Waals surface area contributed by atoms with Crippen LogP contribution in [0, 0.1) is 5.92 Å². The lowest BCUT2D eigenvalue weighted by atomic mass is 10.00. The first-order valence-electron chi connectivity index (χ1n) is 6.38. The van der Waals surface area contributed by atoms with Crippen molar-refractivity contribution in [1.29, 1.82) is 0 Å². The van der Waals surface area contributed by atoms with Crippen molar-refractivity contribution in [2.75, 3.05) is 0 Å². The number of nitrogens with one attached hydrogen (secondary N) is 1. The minimum atomic E-state index is 0.336. The van der Waals surface area contributed by atoms with Gasteiger partial charge >= 0.3 is 0 Å². The molecule has 0 fully saturated rings. The van der Waals surface area contributed by atoms with Crippen molar-refractivity contribution in [2.45, 2.75) is 32.9 Å². The number of hydrogen-bond donors (Lipinski definition) is 1. The lowest BCUT2D eigenvalue weighted by Crippen LogP contribution is -2.27.